The first-order valence-electron chi connectivity index (χ1n) is 9.96. The quantitative estimate of drug-likeness (QED) is 0.482. The number of fused-ring (bicyclic) bond motifs is 2. The highest BCUT2D eigenvalue weighted by Crippen LogP contribution is 2.30. The van der Waals surface area contributed by atoms with E-state index in [2.05, 4.69) is 4.98 Å². The maximum atomic E-state index is 12.6. The molecule has 0 saturated carbocycles. The molecule has 1 amide bonds. The van der Waals surface area contributed by atoms with E-state index in [1.54, 1.807) is 29.2 Å². The van der Waals surface area contributed by atoms with Crippen molar-refractivity contribution in [3.8, 4) is 5.75 Å². The number of hydrogen-bond donors (Lipinski definition) is 0. The van der Waals surface area contributed by atoms with Crippen LogP contribution in [0, 0.1) is 0 Å². The molecule has 1 fully saturated rings. The molecule has 0 spiro atoms. The van der Waals surface area contributed by atoms with E-state index >= 15 is 0 Å². The van der Waals surface area contributed by atoms with Crippen LogP contribution in [-0.2, 0) is 4.79 Å². The van der Waals surface area contributed by atoms with Gasteiger partial charge in [0.25, 0.3) is 5.91 Å². The summed E-state index contributed by atoms with van der Waals surface area (Å²) in [5, 5.41) is 0.801. The highest BCUT2D eigenvalue weighted by atomic mass is 16.5. The fourth-order valence-electron chi connectivity index (χ4n) is 3.81. The molecule has 5 rings (SSSR count). The van der Waals surface area contributed by atoms with E-state index in [0.717, 1.165) is 35.2 Å². The largest absolute Gasteiger partial charge is 0.484 e. The van der Waals surface area contributed by atoms with E-state index in [0.29, 0.717) is 24.4 Å². The Labute approximate surface area is 171 Å². The van der Waals surface area contributed by atoms with Gasteiger partial charge in [-0.25, -0.2) is 9.78 Å². The van der Waals surface area contributed by atoms with Gasteiger partial charge < -0.3 is 18.5 Å². The van der Waals surface area contributed by atoms with Gasteiger partial charge in [0.05, 0.1) is 0 Å². The average molecular weight is 404 g/mol. The van der Waals surface area contributed by atoms with Gasteiger partial charge in [0.1, 0.15) is 16.8 Å². The summed E-state index contributed by atoms with van der Waals surface area (Å²) in [5.41, 5.74) is 1.68. The lowest BCUT2D eigenvalue weighted by molar-refractivity contribution is -0.134. The summed E-state index contributed by atoms with van der Waals surface area (Å²) in [4.78, 5) is 30.3. The van der Waals surface area contributed by atoms with Crippen molar-refractivity contribution >= 4 is 28.0 Å². The Morgan fingerprint density at radius 3 is 2.67 bits per heavy atom. The first-order valence-corrected chi connectivity index (χ1v) is 9.96. The number of amides is 1. The molecule has 4 aromatic rings. The van der Waals surface area contributed by atoms with Gasteiger partial charge in [-0.2, -0.15) is 0 Å². The molecule has 0 N–H and O–H groups in total. The third-order valence-corrected chi connectivity index (χ3v) is 5.46. The SMILES string of the molecule is O=C(COc1ccc2ccc(=O)oc2c1)N1CCC(c2nc3ccccc3o2)CC1. The van der Waals surface area contributed by atoms with Crippen LogP contribution in [-0.4, -0.2) is 35.5 Å². The van der Waals surface area contributed by atoms with Crippen molar-refractivity contribution in [2.24, 2.45) is 0 Å². The maximum Gasteiger partial charge on any atom is 0.336 e. The minimum atomic E-state index is -0.419. The number of oxazole rings is 1. The molecule has 0 unspecified atom stereocenters. The molecule has 0 aliphatic carbocycles. The van der Waals surface area contributed by atoms with Gasteiger partial charge in [-0.3, -0.25) is 4.79 Å². The zero-order valence-corrected chi connectivity index (χ0v) is 16.2. The Balaban J connectivity index is 1.18. The number of nitrogens with zero attached hydrogens (tertiary/aromatic N) is 2. The molecule has 152 valence electrons. The van der Waals surface area contributed by atoms with Gasteiger partial charge >= 0.3 is 5.63 Å². The Morgan fingerprint density at radius 1 is 1.03 bits per heavy atom. The molecule has 2 aromatic heterocycles. The molecule has 1 aliphatic heterocycles. The number of ether oxygens (including phenoxy) is 1. The number of likely N-dealkylation sites (tertiary alicyclic amines) is 1. The van der Waals surface area contributed by atoms with Gasteiger partial charge in [0, 0.05) is 36.5 Å². The second-order valence-electron chi connectivity index (χ2n) is 7.42. The van der Waals surface area contributed by atoms with Gasteiger partial charge in [-0.05, 0) is 43.2 Å². The maximum absolute atomic E-state index is 12.6. The van der Waals surface area contributed by atoms with E-state index in [-0.39, 0.29) is 18.4 Å². The number of piperidine rings is 1. The first-order chi connectivity index (χ1) is 14.7. The lowest BCUT2D eigenvalue weighted by Crippen LogP contribution is -2.40. The number of rotatable bonds is 4. The summed E-state index contributed by atoms with van der Waals surface area (Å²) in [6.07, 6.45) is 1.61. The number of aromatic nitrogens is 1. The molecule has 0 bridgehead atoms. The van der Waals surface area contributed by atoms with E-state index in [1.807, 2.05) is 24.3 Å². The number of hydrogen-bond acceptors (Lipinski definition) is 6. The van der Waals surface area contributed by atoms with Gasteiger partial charge in [0.2, 0.25) is 0 Å². The summed E-state index contributed by atoms with van der Waals surface area (Å²) in [7, 11) is 0. The third-order valence-electron chi connectivity index (χ3n) is 5.46. The molecule has 3 heterocycles. The lowest BCUT2D eigenvalue weighted by atomic mass is 9.97. The van der Waals surface area contributed by atoms with Crippen LogP contribution in [0.3, 0.4) is 0 Å². The summed E-state index contributed by atoms with van der Waals surface area (Å²) in [6.45, 7) is 1.21. The topological polar surface area (TPSA) is 85.8 Å². The molecule has 7 heteroatoms. The Morgan fingerprint density at radius 2 is 1.83 bits per heavy atom. The summed E-state index contributed by atoms with van der Waals surface area (Å²) >= 11 is 0. The molecular weight excluding hydrogens is 384 g/mol. The lowest BCUT2D eigenvalue weighted by Gasteiger charge is -2.30. The fraction of sp³-hybridized carbons (Fsp3) is 0.261. The summed E-state index contributed by atoms with van der Waals surface area (Å²) in [6, 6.07) is 16.0. The molecular formula is C23H20N2O5. The van der Waals surface area contributed by atoms with Crippen LogP contribution in [0.25, 0.3) is 22.1 Å². The molecule has 7 nitrogen and oxygen atoms in total. The van der Waals surface area contributed by atoms with E-state index in [4.69, 9.17) is 13.6 Å². The van der Waals surface area contributed by atoms with Gasteiger partial charge in [-0.1, -0.05) is 12.1 Å². The number of para-hydroxylation sites is 2. The smallest absolute Gasteiger partial charge is 0.336 e. The van der Waals surface area contributed by atoms with Crippen LogP contribution < -0.4 is 10.4 Å². The second kappa shape index (κ2) is 7.67. The van der Waals surface area contributed by atoms with Crippen molar-refractivity contribution in [1.82, 2.24) is 9.88 Å². The van der Waals surface area contributed by atoms with Crippen LogP contribution >= 0.6 is 0 Å². The van der Waals surface area contributed by atoms with E-state index in [1.165, 1.54) is 6.07 Å². The summed E-state index contributed by atoms with van der Waals surface area (Å²) < 4.78 is 16.7. The molecule has 0 atom stereocenters. The predicted octanol–water partition coefficient (Wildman–Crippen LogP) is 3.72. The molecule has 1 saturated heterocycles. The van der Waals surface area contributed by atoms with Crippen LogP contribution in [0.1, 0.15) is 24.7 Å². The minimum Gasteiger partial charge on any atom is -0.484 e. The van der Waals surface area contributed by atoms with Crippen molar-refractivity contribution in [3.05, 3.63) is 70.9 Å². The zero-order valence-electron chi connectivity index (χ0n) is 16.2. The molecule has 2 aromatic carbocycles. The Hall–Kier alpha value is -3.61. The molecule has 30 heavy (non-hydrogen) atoms. The van der Waals surface area contributed by atoms with Crippen molar-refractivity contribution in [2.75, 3.05) is 19.7 Å². The zero-order chi connectivity index (χ0) is 20.5. The third kappa shape index (κ3) is 3.66. The minimum absolute atomic E-state index is 0.0594. The van der Waals surface area contributed by atoms with Crippen molar-refractivity contribution in [3.63, 3.8) is 0 Å². The Kier molecular flexibility index (Phi) is 4.71. The number of carbonyl (C=O) groups is 1. The summed E-state index contributed by atoms with van der Waals surface area (Å²) in [5.74, 6) is 1.38. The van der Waals surface area contributed by atoms with E-state index in [9.17, 15) is 9.59 Å². The number of benzene rings is 2. The monoisotopic (exact) mass is 404 g/mol. The first kappa shape index (κ1) is 18.4. The van der Waals surface area contributed by atoms with Crippen LogP contribution in [0.4, 0.5) is 0 Å². The fourth-order valence-corrected chi connectivity index (χ4v) is 3.81. The highest BCUT2D eigenvalue weighted by molar-refractivity contribution is 5.79. The molecule has 0 radical (unpaired) electrons. The van der Waals surface area contributed by atoms with E-state index < -0.39 is 5.63 Å². The van der Waals surface area contributed by atoms with Crippen molar-refractivity contribution in [1.29, 1.82) is 0 Å². The van der Waals surface area contributed by atoms with Crippen molar-refractivity contribution < 1.29 is 18.4 Å². The normalized spacial score (nSPS) is 15.0. The average Bonchev–Trinajstić information content (AvgIpc) is 3.21. The second-order valence-corrected chi connectivity index (χ2v) is 7.42. The standard InChI is InChI=1S/C23H20N2O5/c26-21(14-28-17-7-5-15-6-8-22(27)29-20(15)13-17)25-11-9-16(10-12-25)23-24-18-3-1-2-4-19(18)30-23/h1-8,13,16H,9-12,14H2. The van der Waals surface area contributed by atoms with Crippen LogP contribution in [0.15, 0.2) is 68.2 Å². The van der Waals surface area contributed by atoms with Crippen LogP contribution in [0.2, 0.25) is 0 Å². The predicted molar refractivity (Wildman–Crippen MR) is 111 cm³/mol. The number of carbonyl (C=O) groups excluding carboxylic acids is 1. The van der Waals surface area contributed by atoms with Gasteiger partial charge in [0.15, 0.2) is 18.1 Å². The highest BCUT2D eigenvalue weighted by Gasteiger charge is 2.27. The van der Waals surface area contributed by atoms with Crippen molar-refractivity contribution in [2.45, 2.75) is 18.8 Å². The van der Waals surface area contributed by atoms with Gasteiger partial charge in [-0.15, -0.1) is 0 Å². The van der Waals surface area contributed by atoms with Crippen LogP contribution in [0.5, 0.6) is 5.75 Å². The Bertz CT molecular complexity index is 1230. The molecule has 1 aliphatic rings.